The van der Waals surface area contributed by atoms with Crippen molar-refractivity contribution in [3.05, 3.63) is 0 Å². The SMILES string of the molecule is O=CNCCCCC1CNC1. The fourth-order valence-corrected chi connectivity index (χ4v) is 1.27. The monoisotopic (exact) mass is 156 g/mol. The Bertz CT molecular complexity index is 113. The molecule has 0 aliphatic carbocycles. The van der Waals surface area contributed by atoms with Crippen molar-refractivity contribution in [3.8, 4) is 0 Å². The summed E-state index contributed by atoms with van der Waals surface area (Å²) in [6, 6.07) is 0. The van der Waals surface area contributed by atoms with Gasteiger partial charge >= 0.3 is 0 Å². The predicted molar refractivity (Wildman–Crippen MR) is 44.3 cm³/mol. The fourth-order valence-electron chi connectivity index (χ4n) is 1.27. The van der Waals surface area contributed by atoms with Crippen LogP contribution in [0.2, 0.25) is 0 Å². The zero-order valence-electron chi connectivity index (χ0n) is 6.81. The number of hydrogen-bond donors (Lipinski definition) is 2. The molecule has 0 bridgehead atoms. The minimum Gasteiger partial charge on any atom is -0.359 e. The van der Waals surface area contributed by atoms with Crippen LogP contribution in [0, 0.1) is 5.92 Å². The summed E-state index contributed by atoms with van der Waals surface area (Å²) in [4.78, 5) is 9.85. The van der Waals surface area contributed by atoms with Gasteiger partial charge < -0.3 is 10.6 Å². The normalized spacial score (nSPS) is 17.5. The minimum absolute atomic E-state index is 0.769. The van der Waals surface area contributed by atoms with Crippen molar-refractivity contribution >= 4 is 6.41 Å². The van der Waals surface area contributed by atoms with Gasteiger partial charge in [-0.25, -0.2) is 0 Å². The summed E-state index contributed by atoms with van der Waals surface area (Å²) < 4.78 is 0. The highest BCUT2D eigenvalue weighted by atomic mass is 16.1. The number of amides is 1. The number of carbonyl (C=O) groups is 1. The number of rotatable bonds is 6. The average molecular weight is 156 g/mol. The lowest BCUT2D eigenvalue weighted by molar-refractivity contribution is -0.109. The van der Waals surface area contributed by atoms with Crippen LogP contribution >= 0.6 is 0 Å². The van der Waals surface area contributed by atoms with Crippen LogP contribution in [0.15, 0.2) is 0 Å². The van der Waals surface area contributed by atoms with Crippen molar-refractivity contribution in [1.29, 1.82) is 0 Å². The average Bonchev–Trinajstić information content (AvgIpc) is 1.93. The third-order valence-corrected chi connectivity index (χ3v) is 2.13. The van der Waals surface area contributed by atoms with Gasteiger partial charge in [-0.1, -0.05) is 6.42 Å². The van der Waals surface area contributed by atoms with E-state index in [0.29, 0.717) is 0 Å². The maximum absolute atomic E-state index is 9.85. The Morgan fingerprint density at radius 2 is 2.27 bits per heavy atom. The molecule has 1 saturated heterocycles. The quantitative estimate of drug-likeness (QED) is 0.424. The molecule has 0 aromatic heterocycles. The van der Waals surface area contributed by atoms with E-state index in [4.69, 9.17) is 0 Å². The Balaban J connectivity index is 1.76. The molecule has 1 heterocycles. The number of nitrogens with one attached hydrogen (secondary N) is 2. The molecule has 11 heavy (non-hydrogen) atoms. The third kappa shape index (κ3) is 3.37. The summed E-state index contributed by atoms with van der Waals surface area (Å²) in [7, 11) is 0. The first-order valence-corrected chi connectivity index (χ1v) is 4.31. The molecule has 1 aliphatic rings. The molecule has 1 amide bonds. The maximum atomic E-state index is 9.85. The van der Waals surface area contributed by atoms with E-state index >= 15 is 0 Å². The largest absolute Gasteiger partial charge is 0.359 e. The van der Waals surface area contributed by atoms with Gasteiger partial charge in [0.1, 0.15) is 0 Å². The van der Waals surface area contributed by atoms with Crippen LogP contribution in [-0.2, 0) is 4.79 Å². The third-order valence-electron chi connectivity index (χ3n) is 2.13. The van der Waals surface area contributed by atoms with Crippen LogP contribution in [0.1, 0.15) is 19.3 Å². The smallest absolute Gasteiger partial charge is 0.207 e. The Kier molecular flexibility index (Phi) is 3.98. The van der Waals surface area contributed by atoms with E-state index in [9.17, 15) is 4.79 Å². The van der Waals surface area contributed by atoms with Gasteiger partial charge in [-0.2, -0.15) is 0 Å². The highest BCUT2D eigenvalue weighted by molar-refractivity contribution is 5.45. The molecule has 64 valence electrons. The van der Waals surface area contributed by atoms with Gasteiger partial charge in [0.2, 0.25) is 6.41 Å². The zero-order valence-corrected chi connectivity index (χ0v) is 6.81. The molecule has 2 N–H and O–H groups in total. The standard InChI is InChI=1S/C8H16N2O/c11-7-9-4-2-1-3-8-5-10-6-8/h7-8,10H,1-6H2,(H,9,11). The highest BCUT2D eigenvalue weighted by Crippen LogP contribution is 2.11. The molecule has 3 nitrogen and oxygen atoms in total. The zero-order chi connectivity index (χ0) is 7.94. The van der Waals surface area contributed by atoms with Crippen molar-refractivity contribution in [2.45, 2.75) is 19.3 Å². The van der Waals surface area contributed by atoms with Crippen molar-refractivity contribution in [2.24, 2.45) is 5.92 Å². The first kappa shape index (κ1) is 8.53. The molecule has 0 saturated carbocycles. The van der Waals surface area contributed by atoms with Crippen LogP contribution in [0.3, 0.4) is 0 Å². The lowest BCUT2D eigenvalue weighted by Gasteiger charge is -2.26. The summed E-state index contributed by atoms with van der Waals surface area (Å²) in [6.45, 7) is 3.23. The van der Waals surface area contributed by atoms with Gasteiger partial charge in [0.25, 0.3) is 0 Å². The molecule has 0 aromatic rings. The van der Waals surface area contributed by atoms with E-state index in [1.54, 1.807) is 0 Å². The van der Waals surface area contributed by atoms with Gasteiger partial charge in [0, 0.05) is 6.54 Å². The second-order valence-electron chi connectivity index (χ2n) is 3.09. The van der Waals surface area contributed by atoms with Gasteiger partial charge in [-0.15, -0.1) is 0 Å². The lowest BCUT2D eigenvalue weighted by atomic mass is 9.97. The molecule has 0 atom stereocenters. The van der Waals surface area contributed by atoms with E-state index in [-0.39, 0.29) is 0 Å². The van der Waals surface area contributed by atoms with Crippen LogP contribution in [0.5, 0.6) is 0 Å². The van der Waals surface area contributed by atoms with E-state index in [1.165, 1.54) is 25.9 Å². The van der Waals surface area contributed by atoms with Crippen molar-refractivity contribution < 1.29 is 4.79 Å². The van der Waals surface area contributed by atoms with Gasteiger partial charge in [0.05, 0.1) is 0 Å². The summed E-state index contributed by atoms with van der Waals surface area (Å²) in [5, 5.41) is 5.90. The second-order valence-corrected chi connectivity index (χ2v) is 3.09. The van der Waals surface area contributed by atoms with E-state index in [2.05, 4.69) is 10.6 Å². The molecule has 0 unspecified atom stereocenters. The Morgan fingerprint density at radius 3 is 2.82 bits per heavy atom. The molecular weight excluding hydrogens is 140 g/mol. The van der Waals surface area contributed by atoms with E-state index < -0.39 is 0 Å². The first-order valence-electron chi connectivity index (χ1n) is 4.31. The summed E-state index contributed by atoms with van der Waals surface area (Å²) in [5.41, 5.74) is 0. The van der Waals surface area contributed by atoms with E-state index in [1.807, 2.05) is 0 Å². The topological polar surface area (TPSA) is 41.1 Å². The fraction of sp³-hybridized carbons (Fsp3) is 0.875. The first-order chi connectivity index (χ1) is 5.43. The molecule has 3 heteroatoms. The lowest BCUT2D eigenvalue weighted by Crippen LogP contribution is -2.41. The van der Waals surface area contributed by atoms with Crippen molar-refractivity contribution in [1.82, 2.24) is 10.6 Å². The highest BCUT2D eigenvalue weighted by Gasteiger charge is 2.14. The molecular formula is C8H16N2O. The molecule has 1 aliphatic heterocycles. The van der Waals surface area contributed by atoms with Crippen molar-refractivity contribution in [2.75, 3.05) is 19.6 Å². The molecule has 1 fully saturated rings. The number of unbranched alkanes of at least 4 members (excludes halogenated alkanes) is 1. The van der Waals surface area contributed by atoms with Crippen LogP contribution in [0.4, 0.5) is 0 Å². The Hall–Kier alpha value is -0.570. The summed E-state index contributed by atoms with van der Waals surface area (Å²) in [6.07, 6.45) is 4.45. The molecule has 0 radical (unpaired) electrons. The maximum Gasteiger partial charge on any atom is 0.207 e. The van der Waals surface area contributed by atoms with Gasteiger partial charge in [-0.3, -0.25) is 4.79 Å². The van der Waals surface area contributed by atoms with E-state index in [0.717, 1.165) is 25.3 Å². The minimum atomic E-state index is 0.769. The Labute approximate surface area is 67.5 Å². The van der Waals surface area contributed by atoms with Gasteiger partial charge in [0.15, 0.2) is 0 Å². The second kappa shape index (κ2) is 5.13. The summed E-state index contributed by atoms with van der Waals surface area (Å²) in [5.74, 6) is 0.909. The van der Waals surface area contributed by atoms with Crippen molar-refractivity contribution in [3.63, 3.8) is 0 Å². The van der Waals surface area contributed by atoms with Gasteiger partial charge in [-0.05, 0) is 31.8 Å². The predicted octanol–water partition coefficient (Wildman–Crippen LogP) is 0.122. The van der Waals surface area contributed by atoms with Crippen LogP contribution in [0.25, 0.3) is 0 Å². The van der Waals surface area contributed by atoms with Crippen LogP contribution < -0.4 is 10.6 Å². The Morgan fingerprint density at radius 1 is 1.45 bits per heavy atom. The number of carbonyl (C=O) groups excluding carboxylic acids is 1. The molecule has 0 spiro atoms. The molecule has 0 aromatic carbocycles. The van der Waals surface area contributed by atoms with Crippen LogP contribution in [-0.4, -0.2) is 26.0 Å². The molecule has 1 rings (SSSR count). The number of hydrogen-bond acceptors (Lipinski definition) is 2. The summed E-state index contributed by atoms with van der Waals surface area (Å²) >= 11 is 0.